The monoisotopic (exact) mass is 251 g/mol. The van der Waals surface area contributed by atoms with E-state index in [2.05, 4.69) is 23.9 Å². The minimum atomic E-state index is 0.757. The molecule has 2 aliphatic heterocycles. The molecule has 1 saturated carbocycles. The molecule has 3 aliphatic rings. The molecule has 0 aromatic carbocycles. The van der Waals surface area contributed by atoms with Gasteiger partial charge in [0, 0.05) is 24.2 Å². The fourth-order valence-corrected chi connectivity index (χ4v) is 4.81. The second kappa shape index (κ2) is 5.10. The molecule has 4 atom stereocenters. The summed E-state index contributed by atoms with van der Waals surface area (Å²) in [6.45, 7) is 0.883. The highest BCUT2D eigenvalue weighted by Crippen LogP contribution is 2.38. The first-order valence-electron chi connectivity index (χ1n) is 7.84. The van der Waals surface area contributed by atoms with Gasteiger partial charge >= 0.3 is 0 Å². The van der Waals surface area contributed by atoms with Crippen molar-refractivity contribution < 1.29 is 0 Å². The van der Waals surface area contributed by atoms with Crippen LogP contribution in [0.1, 0.15) is 44.9 Å². The summed E-state index contributed by atoms with van der Waals surface area (Å²) < 4.78 is 0. The molecule has 4 unspecified atom stereocenters. The lowest BCUT2D eigenvalue weighted by molar-refractivity contribution is 0.0558. The van der Waals surface area contributed by atoms with Crippen molar-refractivity contribution in [2.45, 2.75) is 69.1 Å². The van der Waals surface area contributed by atoms with E-state index in [1.54, 1.807) is 0 Å². The van der Waals surface area contributed by atoms with E-state index in [1.807, 2.05) is 0 Å². The first kappa shape index (κ1) is 12.9. The van der Waals surface area contributed by atoms with Crippen LogP contribution in [0.2, 0.25) is 0 Å². The molecule has 2 saturated heterocycles. The Morgan fingerprint density at radius 2 is 1.78 bits per heavy atom. The molecule has 2 N–H and O–H groups in total. The highest BCUT2D eigenvalue weighted by molar-refractivity contribution is 4.98. The molecule has 3 fully saturated rings. The van der Waals surface area contributed by atoms with Gasteiger partial charge in [0.2, 0.25) is 0 Å². The van der Waals surface area contributed by atoms with E-state index >= 15 is 0 Å². The predicted molar refractivity (Wildman–Crippen MR) is 75.5 cm³/mol. The van der Waals surface area contributed by atoms with Crippen LogP contribution in [0.15, 0.2) is 0 Å². The summed E-state index contributed by atoms with van der Waals surface area (Å²) in [7, 11) is 4.70. The van der Waals surface area contributed by atoms with Crippen LogP contribution in [0.3, 0.4) is 0 Å². The van der Waals surface area contributed by atoms with Crippen LogP contribution in [0.4, 0.5) is 0 Å². The van der Waals surface area contributed by atoms with Crippen molar-refractivity contribution in [1.29, 1.82) is 0 Å². The third-order valence-corrected chi connectivity index (χ3v) is 6.09. The topological polar surface area (TPSA) is 32.5 Å². The zero-order valence-electron chi connectivity index (χ0n) is 12.0. The maximum absolute atomic E-state index is 5.95. The van der Waals surface area contributed by atoms with Gasteiger partial charge < -0.3 is 15.5 Å². The minimum Gasteiger partial charge on any atom is -0.330 e. The first-order chi connectivity index (χ1) is 8.70. The SMILES string of the molecule is CN1C2CCC1CC(N(C)C1CCCC1CN)C2. The maximum Gasteiger partial charge on any atom is 0.0135 e. The molecular weight excluding hydrogens is 222 g/mol. The Morgan fingerprint density at radius 1 is 1.11 bits per heavy atom. The largest absolute Gasteiger partial charge is 0.330 e. The van der Waals surface area contributed by atoms with Crippen molar-refractivity contribution in [3.05, 3.63) is 0 Å². The maximum atomic E-state index is 5.95. The zero-order valence-corrected chi connectivity index (χ0v) is 12.0. The lowest BCUT2D eigenvalue weighted by Gasteiger charge is -2.43. The van der Waals surface area contributed by atoms with Gasteiger partial charge in [-0.2, -0.15) is 0 Å². The summed E-state index contributed by atoms with van der Waals surface area (Å²) in [5.41, 5.74) is 5.95. The number of piperidine rings is 1. The molecule has 104 valence electrons. The van der Waals surface area contributed by atoms with Crippen molar-refractivity contribution >= 4 is 0 Å². The van der Waals surface area contributed by atoms with E-state index in [0.717, 1.165) is 36.6 Å². The highest BCUT2D eigenvalue weighted by atomic mass is 15.2. The smallest absolute Gasteiger partial charge is 0.0135 e. The van der Waals surface area contributed by atoms with E-state index in [1.165, 1.54) is 44.9 Å². The number of hydrogen-bond donors (Lipinski definition) is 1. The van der Waals surface area contributed by atoms with Crippen LogP contribution >= 0.6 is 0 Å². The Labute approximate surface area is 112 Å². The van der Waals surface area contributed by atoms with Gasteiger partial charge in [0.05, 0.1) is 0 Å². The predicted octanol–water partition coefficient (Wildman–Crippen LogP) is 1.67. The third-order valence-electron chi connectivity index (χ3n) is 6.09. The van der Waals surface area contributed by atoms with Crippen LogP contribution in [0.5, 0.6) is 0 Å². The van der Waals surface area contributed by atoms with Gasteiger partial charge in [-0.1, -0.05) is 6.42 Å². The van der Waals surface area contributed by atoms with Gasteiger partial charge in [0.25, 0.3) is 0 Å². The standard InChI is InChI=1S/C15H29N3/c1-17-12-6-7-13(17)9-14(8-12)18(2)15-5-3-4-11(15)10-16/h11-15H,3-10,16H2,1-2H3. The lowest BCUT2D eigenvalue weighted by Crippen LogP contribution is -2.51. The number of hydrogen-bond acceptors (Lipinski definition) is 3. The molecule has 0 radical (unpaired) electrons. The molecule has 3 nitrogen and oxygen atoms in total. The number of fused-ring (bicyclic) bond motifs is 2. The first-order valence-corrected chi connectivity index (χ1v) is 7.84. The second-order valence-corrected chi connectivity index (χ2v) is 6.84. The Kier molecular flexibility index (Phi) is 3.65. The van der Waals surface area contributed by atoms with Gasteiger partial charge in [0.1, 0.15) is 0 Å². The summed E-state index contributed by atoms with van der Waals surface area (Å²) in [6.07, 6.45) is 9.74. The van der Waals surface area contributed by atoms with E-state index in [4.69, 9.17) is 5.73 Å². The van der Waals surface area contributed by atoms with Crippen molar-refractivity contribution in [3.63, 3.8) is 0 Å². The number of nitrogens with zero attached hydrogens (tertiary/aromatic N) is 2. The lowest BCUT2D eigenvalue weighted by atomic mass is 9.93. The van der Waals surface area contributed by atoms with Crippen LogP contribution < -0.4 is 5.73 Å². The summed E-state index contributed by atoms with van der Waals surface area (Å²) >= 11 is 0. The van der Waals surface area contributed by atoms with Gasteiger partial charge in [-0.25, -0.2) is 0 Å². The van der Waals surface area contributed by atoms with E-state index in [-0.39, 0.29) is 0 Å². The van der Waals surface area contributed by atoms with Gasteiger partial charge in [-0.3, -0.25) is 0 Å². The van der Waals surface area contributed by atoms with Crippen LogP contribution in [-0.4, -0.2) is 54.6 Å². The molecule has 0 spiro atoms. The van der Waals surface area contributed by atoms with E-state index < -0.39 is 0 Å². The number of rotatable bonds is 3. The Hall–Kier alpha value is -0.120. The van der Waals surface area contributed by atoms with E-state index in [9.17, 15) is 0 Å². The van der Waals surface area contributed by atoms with Gasteiger partial charge in [-0.05, 0) is 65.1 Å². The normalized spacial score (nSPS) is 45.0. The fraction of sp³-hybridized carbons (Fsp3) is 1.00. The van der Waals surface area contributed by atoms with Crippen LogP contribution in [0.25, 0.3) is 0 Å². The Balaban J connectivity index is 1.65. The van der Waals surface area contributed by atoms with Crippen molar-refractivity contribution in [2.75, 3.05) is 20.6 Å². The zero-order chi connectivity index (χ0) is 12.7. The molecule has 2 heterocycles. The summed E-state index contributed by atoms with van der Waals surface area (Å²) in [4.78, 5) is 5.35. The van der Waals surface area contributed by atoms with E-state index in [0.29, 0.717) is 0 Å². The molecule has 0 amide bonds. The van der Waals surface area contributed by atoms with Crippen LogP contribution in [0, 0.1) is 5.92 Å². The van der Waals surface area contributed by atoms with Gasteiger partial charge in [0.15, 0.2) is 0 Å². The molecule has 3 heteroatoms. The average Bonchev–Trinajstić information content (AvgIpc) is 2.90. The Morgan fingerprint density at radius 3 is 2.39 bits per heavy atom. The van der Waals surface area contributed by atoms with Crippen molar-refractivity contribution in [2.24, 2.45) is 11.7 Å². The molecule has 0 aromatic rings. The van der Waals surface area contributed by atoms with Crippen molar-refractivity contribution in [1.82, 2.24) is 9.80 Å². The molecule has 0 aromatic heterocycles. The summed E-state index contributed by atoms with van der Waals surface area (Å²) in [5, 5.41) is 0. The highest BCUT2D eigenvalue weighted by Gasteiger charge is 2.42. The second-order valence-electron chi connectivity index (χ2n) is 6.84. The molecule has 3 rings (SSSR count). The van der Waals surface area contributed by atoms with Crippen molar-refractivity contribution in [3.8, 4) is 0 Å². The average molecular weight is 251 g/mol. The molecular formula is C15H29N3. The van der Waals surface area contributed by atoms with Gasteiger partial charge in [-0.15, -0.1) is 0 Å². The van der Waals surface area contributed by atoms with Crippen LogP contribution in [-0.2, 0) is 0 Å². The summed E-state index contributed by atoms with van der Waals surface area (Å²) in [5.74, 6) is 0.757. The third kappa shape index (κ3) is 2.10. The summed E-state index contributed by atoms with van der Waals surface area (Å²) in [6, 6.07) is 3.29. The minimum absolute atomic E-state index is 0.757. The molecule has 18 heavy (non-hydrogen) atoms. The molecule has 1 aliphatic carbocycles. The quantitative estimate of drug-likeness (QED) is 0.828. The molecule has 2 bridgehead atoms. The fourth-order valence-electron chi connectivity index (χ4n) is 4.81. The Bertz CT molecular complexity index is 279. The number of nitrogens with two attached hydrogens (primary N) is 1.